The van der Waals surface area contributed by atoms with Crippen LogP contribution in [0.1, 0.15) is 38.1 Å². The second-order valence-corrected chi connectivity index (χ2v) is 5.39. The SMILES string of the molecule is CCNc1nc(C(C)C)nc(Sc2ncco2)c1C. The van der Waals surface area contributed by atoms with Crippen LogP contribution in [-0.4, -0.2) is 21.5 Å². The van der Waals surface area contributed by atoms with Crippen LogP contribution < -0.4 is 5.32 Å². The lowest BCUT2D eigenvalue weighted by atomic mass is 10.2. The number of hydrogen-bond donors (Lipinski definition) is 1. The predicted molar refractivity (Wildman–Crippen MR) is 75.6 cm³/mol. The van der Waals surface area contributed by atoms with E-state index in [4.69, 9.17) is 4.42 Å². The Balaban J connectivity index is 2.39. The molecule has 0 saturated heterocycles. The van der Waals surface area contributed by atoms with Crippen molar-refractivity contribution >= 4 is 17.6 Å². The van der Waals surface area contributed by atoms with Crippen molar-refractivity contribution in [1.29, 1.82) is 0 Å². The maximum atomic E-state index is 5.26. The van der Waals surface area contributed by atoms with Gasteiger partial charge in [0.1, 0.15) is 22.9 Å². The first-order valence-corrected chi connectivity index (χ1v) is 7.13. The second-order valence-electron chi connectivity index (χ2n) is 4.45. The topological polar surface area (TPSA) is 63.8 Å². The molecule has 2 rings (SSSR count). The Morgan fingerprint density at radius 2 is 2.16 bits per heavy atom. The summed E-state index contributed by atoms with van der Waals surface area (Å²) in [6.07, 6.45) is 3.20. The van der Waals surface area contributed by atoms with Crippen LogP contribution in [-0.2, 0) is 0 Å². The first kappa shape index (κ1) is 13.9. The van der Waals surface area contributed by atoms with E-state index in [1.54, 1.807) is 12.5 Å². The summed E-state index contributed by atoms with van der Waals surface area (Å²) < 4.78 is 5.26. The highest BCUT2D eigenvalue weighted by Gasteiger charge is 2.15. The van der Waals surface area contributed by atoms with E-state index in [-0.39, 0.29) is 5.92 Å². The number of oxazole rings is 1. The molecule has 2 aromatic rings. The smallest absolute Gasteiger partial charge is 0.261 e. The molecule has 0 unspecified atom stereocenters. The number of nitrogens with one attached hydrogen (secondary N) is 1. The van der Waals surface area contributed by atoms with Crippen LogP contribution in [0.5, 0.6) is 0 Å². The molecule has 0 spiro atoms. The third-order valence-electron chi connectivity index (χ3n) is 2.57. The zero-order valence-corrected chi connectivity index (χ0v) is 12.4. The maximum absolute atomic E-state index is 5.26. The van der Waals surface area contributed by atoms with Crippen LogP contribution in [0.4, 0.5) is 5.82 Å². The Kier molecular flexibility index (Phi) is 4.42. The standard InChI is InChI=1S/C13H18N4OS/c1-5-14-11-9(4)12(17-10(16-11)8(2)3)19-13-15-6-7-18-13/h6-8H,5H2,1-4H3,(H,14,16,17). The number of rotatable bonds is 5. The number of aromatic nitrogens is 3. The lowest BCUT2D eigenvalue weighted by Crippen LogP contribution is -2.08. The highest BCUT2D eigenvalue weighted by atomic mass is 32.2. The van der Waals surface area contributed by atoms with E-state index in [1.165, 1.54) is 11.8 Å². The van der Waals surface area contributed by atoms with E-state index in [1.807, 2.05) is 6.92 Å². The fraction of sp³-hybridized carbons (Fsp3) is 0.462. The number of anilines is 1. The Labute approximate surface area is 117 Å². The molecule has 0 bridgehead atoms. The lowest BCUT2D eigenvalue weighted by molar-refractivity contribution is 0.453. The zero-order valence-electron chi connectivity index (χ0n) is 11.6. The molecule has 1 N–H and O–H groups in total. The highest BCUT2D eigenvalue weighted by molar-refractivity contribution is 7.99. The van der Waals surface area contributed by atoms with E-state index in [2.05, 4.69) is 41.0 Å². The monoisotopic (exact) mass is 278 g/mol. The molecule has 19 heavy (non-hydrogen) atoms. The minimum Gasteiger partial charge on any atom is -0.440 e. The van der Waals surface area contributed by atoms with Crippen LogP contribution in [0.25, 0.3) is 0 Å². The second kappa shape index (κ2) is 6.06. The van der Waals surface area contributed by atoms with Crippen LogP contribution in [0.3, 0.4) is 0 Å². The molecule has 0 radical (unpaired) electrons. The van der Waals surface area contributed by atoms with Gasteiger partial charge < -0.3 is 9.73 Å². The van der Waals surface area contributed by atoms with Gasteiger partial charge in [-0.2, -0.15) is 0 Å². The summed E-state index contributed by atoms with van der Waals surface area (Å²) in [7, 11) is 0. The third-order valence-corrected chi connectivity index (χ3v) is 3.54. The molecule has 0 fully saturated rings. The van der Waals surface area contributed by atoms with Crippen molar-refractivity contribution in [2.75, 3.05) is 11.9 Å². The number of nitrogens with zero attached hydrogens (tertiary/aromatic N) is 3. The van der Waals surface area contributed by atoms with Crippen molar-refractivity contribution in [3.05, 3.63) is 23.8 Å². The first-order chi connectivity index (χ1) is 9.11. The summed E-state index contributed by atoms with van der Waals surface area (Å²) >= 11 is 1.42. The Morgan fingerprint density at radius 1 is 1.37 bits per heavy atom. The lowest BCUT2D eigenvalue weighted by Gasteiger charge is -2.13. The van der Waals surface area contributed by atoms with Gasteiger partial charge in [-0.05, 0) is 25.6 Å². The largest absolute Gasteiger partial charge is 0.440 e. The van der Waals surface area contributed by atoms with E-state index in [0.717, 1.165) is 28.8 Å². The number of hydrogen-bond acceptors (Lipinski definition) is 6. The average Bonchev–Trinajstić information content (AvgIpc) is 2.87. The molecule has 2 aromatic heterocycles. The van der Waals surface area contributed by atoms with Crippen LogP contribution in [0.15, 0.2) is 27.1 Å². The molecule has 5 nitrogen and oxygen atoms in total. The summed E-state index contributed by atoms with van der Waals surface area (Å²) in [5, 5.41) is 4.76. The van der Waals surface area contributed by atoms with Gasteiger partial charge in [-0.1, -0.05) is 13.8 Å². The van der Waals surface area contributed by atoms with E-state index in [9.17, 15) is 0 Å². The fourth-order valence-electron chi connectivity index (χ4n) is 1.55. The molecule has 0 aliphatic carbocycles. The van der Waals surface area contributed by atoms with Crippen molar-refractivity contribution in [3.8, 4) is 0 Å². The van der Waals surface area contributed by atoms with Crippen LogP contribution in [0, 0.1) is 6.92 Å². The fourth-order valence-corrected chi connectivity index (χ4v) is 2.32. The molecule has 0 aliphatic rings. The molecule has 0 amide bonds. The molecular weight excluding hydrogens is 260 g/mol. The van der Waals surface area contributed by atoms with Crippen LogP contribution in [0.2, 0.25) is 0 Å². The molecule has 6 heteroatoms. The minimum atomic E-state index is 0.280. The van der Waals surface area contributed by atoms with Crippen molar-refractivity contribution in [2.24, 2.45) is 0 Å². The van der Waals surface area contributed by atoms with Gasteiger partial charge in [-0.3, -0.25) is 0 Å². The van der Waals surface area contributed by atoms with Crippen molar-refractivity contribution in [3.63, 3.8) is 0 Å². The Morgan fingerprint density at radius 3 is 2.74 bits per heavy atom. The Bertz CT molecular complexity index is 540. The van der Waals surface area contributed by atoms with Gasteiger partial charge in [-0.25, -0.2) is 15.0 Å². The van der Waals surface area contributed by atoms with Gasteiger partial charge >= 0.3 is 0 Å². The van der Waals surface area contributed by atoms with Crippen molar-refractivity contribution < 1.29 is 4.42 Å². The summed E-state index contributed by atoms with van der Waals surface area (Å²) in [4.78, 5) is 13.3. The van der Waals surface area contributed by atoms with Crippen LogP contribution >= 0.6 is 11.8 Å². The summed E-state index contributed by atoms with van der Waals surface area (Å²) in [6, 6.07) is 0. The molecule has 0 saturated carbocycles. The molecule has 102 valence electrons. The highest BCUT2D eigenvalue weighted by Crippen LogP contribution is 2.31. The van der Waals surface area contributed by atoms with E-state index < -0.39 is 0 Å². The van der Waals surface area contributed by atoms with Crippen molar-refractivity contribution in [1.82, 2.24) is 15.0 Å². The molecule has 0 aliphatic heterocycles. The predicted octanol–water partition coefficient (Wildman–Crippen LogP) is 3.48. The van der Waals surface area contributed by atoms with Gasteiger partial charge in [0.15, 0.2) is 0 Å². The molecule has 2 heterocycles. The van der Waals surface area contributed by atoms with Gasteiger partial charge in [-0.15, -0.1) is 0 Å². The Hall–Kier alpha value is -1.56. The van der Waals surface area contributed by atoms with Gasteiger partial charge in [0.2, 0.25) is 0 Å². The summed E-state index contributed by atoms with van der Waals surface area (Å²) in [5.74, 6) is 1.99. The molecule has 0 aromatic carbocycles. The molecular formula is C13H18N4OS. The van der Waals surface area contributed by atoms with E-state index >= 15 is 0 Å². The zero-order chi connectivity index (χ0) is 13.8. The van der Waals surface area contributed by atoms with Gasteiger partial charge in [0.25, 0.3) is 5.22 Å². The first-order valence-electron chi connectivity index (χ1n) is 6.31. The summed E-state index contributed by atoms with van der Waals surface area (Å²) in [6.45, 7) is 9.06. The molecule has 0 atom stereocenters. The normalized spacial score (nSPS) is 11.0. The van der Waals surface area contributed by atoms with Gasteiger partial charge in [0, 0.05) is 18.0 Å². The van der Waals surface area contributed by atoms with Crippen molar-refractivity contribution in [2.45, 2.75) is 43.9 Å². The van der Waals surface area contributed by atoms with Gasteiger partial charge in [0.05, 0.1) is 6.20 Å². The average molecular weight is 278 g/mol. The van der Waals surface area contributed by atoms with E-state index in [0.29, 0.717) is 5.22 Å². The minimum absolute atomic E-state index is 0.280. The quantitative estimate of drug-likeness (QED) is 0.845. The maximum Gasteiger partial charge on any atom is 0.261 e. The summed E-state index contributed by atoms with van der Waals surface area (Å²) in [5.41, 5.74) is 1.02. The third kappa shape index (κ3) is 3.26.